The molecule has 4 rings (SSSR count). The topological polar surface area (TPSA) is 224 Å². The highest BCUT2D eigenvalue weighted by Crippen LogP contribution is 2.27. The van der Waals surface area contributed by atoms with Gasteiger partial charge in [0.1, 0.15) is 12.5 Å². The molecule has 2 fully saturated rings. The Labute approximate surface area is 333 Å². The van der Waals surface area contributed by atoms with Crippen molar-refractivity contribution in [1.29, 1.82) is 0 Å². The Balaban J connectivity index is 0.000000307. The number of aliphatic carboxylic acids is 1. The van der Waals surface area contributed by atoms with Gasteiger partial charge >= 0.3 is 43.9 Å². The number of rotatable bonds is 11. The zero-order valence-corrected chi connectivity index (χ0v) is 34.1. The molecule has 53 heavy (non-hydrogen) atoms. The quantitative estimate of drug-likeness (QED) is 0.123. The summed E-state index contributed by atoms with van der Waals surface area (Å²) in [5, 5.41) is 33.9. The third-order valence-electron chi connectivity index (χ3n) is 6.86. The van der Waals surface area contributed by atoms with Gasteiger partial charge < -0.3 is 44.6 Å². The average molecular weight is 911 g/mol. The molecule has 288 valence electrons. The maximum Gasteiger partial charge on any atom is 0.374 e. The molecule has 0 spiro atoms. The highest BCUT2D eigenvalue weighted by molar-refractivity contribution is 9.10. The van der Waals surface area contributed by atoms with Gasteiger partial charge in [-0.15, -0.1) is 0 Å². The number of cyclic esters (lactones) is 4. The van der Waals surface area contributed by atoms with Crippen molar-refractivity contribution in [2.75, 3.05) is 0 Å². The van der Waals surface area contributed by atoms with Crippen molar-refractivity contribution in [3.8, 4) is 0 Å². The minimum Gasteiger partial charge on any atom is -0.480 e. The van der Waals surface area contributed by atoms with E-state index in [-0.39, 0.29) is 19.3 Å². The SMILES string of the molecule is CB(O)N[C@H](Cc1ccc(Br)cc1Cl)C(=O)C1C(=O)OC(C)(C)OC1=O.CB(O)N[C@H](Cc1ccc(Br)cc1Cl)C(=O)O.CC1(C)OC(=O)CC(=O)O1. The minimum absolute atomic E-state index is 0.0658. The number of carbonyl (C=O) groups excluding carboxylic acids is 5. The van der Waals surface area contributed by atoms with E-state index in [1.54, 1.807) is 36.4 Å². The second-order valence-electron chi connectivity index (χ2n) is 12.6. The van der Waals surface area contributed by atoms with Crippen LogP contribution >= 0.6 is 55.1 Å². The van der Waals surface area contributed by atoms with Gasteiger partial charge in [0.2, 0.25) is 5.92 Å². The largest absolute Gasteiger partial charge is 0.480 e. The van der Waals surface area contributed by atoms with Crippen LogP contribution in [0, 0.1) is 5.92 Å². The lowest BCUT2D eigenvalue weighted by atomic mass is 9.83. The first kappa shape index (κ1) is 46.1. The monoisotopic (exact) mass is 908 g/mol. The highest BCUT2D eigenvalue weighted by atomic mass is 79.9. The number of carbonyl (C=O) groups is 6. The predicted molar refractivity (Wildman–Crippen MR) is 201 cm³/mol. The number of halogens is 4. The van der Waals surface area contributed by atoms with Gasteiger partial charge in [0, 0.05) is 46.7 Å². The first-order chi connectivity index (χ1) is 24.4. The molecule has 5 N–H and O–H groups in total. The molecule has 15 nitrogen and oxygen atoms in total. The normalized spacial score (nSPS) is 17.2. The number of esters is 4. The van der Waals surface area contributed by atoms with Crippen LogP contribution in [0.2, 0.25) is 23.7 Å². The molecule has 2 aromatic carbocycles. The van der Waals surface area contributed by atoms with Gasteiger partial charge in [-0.2, -0.15) is 0 Å². The van der Waals surface area contributed by atoms with Crippen LogP contribution in [0.3, 0.4) is 0 Å². The number of ether oxygens (including phenoxy) is 4. The van der Waals surface area contributed by atoms with Crippen LogP contribution in [0.5, 0.6) is 0 Å². The number of ketones is 1. The Hall–Kier alpha value is -3.03. The number of hydrogen-bond acceptors (Lipinski definition) is 14. The zero-order valence-electron chi connectivity index (χ0n) is 29.4. The number of hydrogen-bond donors (Lipinski definition) is 5. The third-order valence-corrected chi connectivity index (χ3v) is 8.55. The average Bonchev–Trinajstić information content (AvgIpc) is 2.97. The molecule has 2 aliphatic rings. The molecule has 2 saturated heterocycles. The maximum absolute atomic E-state index is 12.8. The number of Topliss-reactive ketones (excluding diaryl/α,β-unsaturated/α-hetero) is 1. The summed E-state index contributed by atoms with van der Waals surface area (Å²) in [5.41, 5.74) is 1.33. The lowest BCUT2D eigenvalue weighted by Gasteiger charge is -2.33. The molecule has 2 aliphatic heterocycles. The molecule has 0 unspecified atom stereocenters. The van der Waals surface area contributed by atoms with Crippen LogP contribution in [0.25, 0.3) is 0 Å². The Morgan fingerprint density at radius 1 is 0.774 bits per heavy atom. The fourth-order valence-electron chi connectivity index (χ4n) is 4.77. The summed E-state index contributed by atoms with van der Waals surface area (Å²) in [6.45, 7) is 8.72. The number of benzene rings is 2. The van der Waals surface area contributed by atoms with Gasteiger partial charge in [-0.05, 0) is 61.9 Å². The van der Waals surface area contributed by atoms with Gasteiger partial charge in [0.25, 0.3) is 11.6 Å². The summed E-state index contributed by atoms with van der Waals surface area (Å²) < 4.78 is 20.9. The molecule has 2 aromatic rings. The summed E-state index contributed by atoms with van der Waals surface area (Å²) in [7, 11) is -1.93. The van der Waals surface area contributed by atoms with Gasteiger partial charge in [-0.1, -0.05) is 67.2 Å². The molecule has 0 amide bonds. The van der Waals surface area contributed by atoms with Crippen LogP contribution in [0.15, 0.2) is 45.3 Å². The van der Waals surface area contributed by atoms with Crippen LogP contribution in [-0.4, -0.2) is 88.5 Å². The summed E-state index contributed by atoms with van der Waals surface area (Å²) in [6.07, 6.45) is 0.00603. The molecule has 0 radical (unpaired) electrons. The molecular weight excluding hydrogens is 873 g/mol. The molecule has 2 atom stereocenters. The Morgan fingerprint density at radius 3 is 1.51 bits per heavy atom. The van der Waals surface area contributed by atoms with E-state index < -0.39 is 79.3 Å². The maximum atomic E-state index is 12.8. The summed E-state index contributed by atoms with van der Waals surface area (Å²) in [4.78, 5) is 69.2. The van der Waals surface area contributed by atoms with Gasteiger partial charge in [0.05, 0.1) is 6.04 Å². The zero-order chi connectivity index (χ0) is 40.4. The second kappa shape index (κ2) is 20.0. The van der Waals surface area contributed by atoms with Crippen molar-refractivity contribution in [1.82, 2.24) is 10.5 Å². The Kier molecular flexibility index (Phi) is 17.4. The lowest BCUT2D eigenvalue weighted by molar-refractivity contribution is -0.239. The smallest absolute Gasteiger partial charge is 0.374 e. The van der Waals surface area contributed by atoms with E-state index in [1.807, 2.05) is 0 Å². The number of nitrogens with one attached hydrogen (secondary N) is 2. The molecule has 0 saturated carbocycles. The van der Waals surface area contributed by atoms with E-state index in [9.17, 15) is 33.8 Å². The predicted octanol–water partition coefficient (Wildman–Crippen LogP) is 3.75. The molecule has 0 aliphatic carbocycles. The molecular formula is C32H38B2Br2Cl2N2O13. The van der Waals surface area contributed by atoms with E-state index in [4.69, 9.17) is 42.8 Å². The van der Waals surface area contributed by atoms with Crippen molar-refractivity contribution in [3.05, 3.63) is 66.5 Å². The summed E-state index contributed by atoms with van der Waals surface area (Å²) in [6, 6.07) is 8.46. The van der Waals surface area contributed by atoms with Crippen molar-refractivity contribution < 1.29 is 62.9 Å². The van der Waals surface area contributed by atoms with Gasteiger partial charge in [-0.25, -0.2) is 0 Å². The first-order valence-electron chi connectivity index (χ1n) is 15.8. The van der Waals surface area contributed by atoms with E-state index in [0.717, 1.165) is 14.5 Å². The van der Waals surface area contributed by atoms with Crippen LogP contribution in [0.4, 0.5) is 0 Å². The number of carboxylic acids is 1. The Morgan fingerprint density at radius 2 is 1.15 bits per heavy atom. The molecule has 21 heteroatoms. The Bertz CT molecular complexity index is 1660. The highest BCUT2D eigenvalue weighted by Gasteiger charge is 2.49. The van der Waals surface area contributed by atoms with Crippen molar-refractivity contribution in [2.45, 2.75) is 84.3 Å². The standard InChI is InChI=1S/C16H18BBrClNO6.C10H12BBrClNO3.C6H8O4/c1-16(2)25-14(22)12(15(23)26-16)13(21)11(20-17(3)24)6-8-4-5-9(18)7-10(8)19;1-11(17)14-9(10(15)16)4-6-2-3-7(12)5-8(6)13;1-6(2)9-4(7)3-5(8)10-6/h4-5,7,11-12,20,24H,6H2,1-3H3;2-3,5,9,14,17H,4H2,1H3,(H,15,16);3H2,1-2H3/t11-;9-;/m11./s1. The van der Waals surface area contributed by atoms with Crippen LogP contribution in [0.1, 0.15) is 45.2 Å². The first-order valence-corrected chi connectivity index (χ1v) is 18.2. The molecule has 2 heterocycles. The fourth-order valence-corrected chi connectivity index (χ4v) is 6.27. The van der Waals surface area contributed by atoms with Crippen LogP contribution in [-0.2, 0) is 60.6 Å². The lowest BCUT2D eigenvalue weighted by Crippen LogP contribution is -2.55. The second-order valence-corrected chi connectivity index (χ2v) is 15.3. The summed E-state index contributed by atoms with van der Waals surface area (Å²) >= 11 is 18.7. The van der Waals surface area contributed by atoms with Crippen molar-refractivity contribution >= 4 is 105 Å². The van der Waals surface area contributed by atoms with E-state index in [2.05, 4.69) is 51.8 Å². The van der Waals surface area contributed by atoms with E-state index >= 15 is 0 Å². The fraction of sp³-hybridized carbons (Fsp3) is 0.438. The van der Waals surface area contributed by atoms with E-state index in [1.165, 1.54) is 41.3 Å². The molecule has 0 aromatic heterocycles. The summed E-state index contributed by atoms with van der Waals surface area (Å²) in [5.74, 6) is -9.00. The van der Waals surface area contributed by atoms with Gasteiger partial charge in [0.15, 0.2) is 5.78 Å². The van der Waals surface area contributed by atoms with E-state index in [0.29, 0.717) is 15.6 Å². The third kappa shape index (κ3) is 15.7. The van der Waals surface area contributed by atoms with Crippen LogP contribution < -0.4 is 10.5 Å². The molecule has 0 bridgehead atoms. The van der Waals surface area contributed by atoms with Gasteiger partial charge in [-0.3, -0.25) is 28.8 Å². The number of carboxylic acid groups (broad SMARTS) is 1. The van der Waals surface area contributed by atoms with Crippen molar-refractivity contribution in [2.24, 2.45) is 5.92 Å². The minimum atomic E-state index is -1.71. The van der Waals surface area contributed by atoms with Crippen molar-refractivity contribution in [3.63, 3.8) is 0 Å².